The number of esters is 1. The van der Waals surface area contributed by atoms with E-state index in [1.54, 1.807) is 18.2 Å². The Bertz CT molecular complexity index is 455. The van der Waals surface area contributed by atoms with Gasteiger partial charge in [-0.3, -0.25) is 4.21 Å². The van der Waals surface area contributed by atoms with Crippen molar-refractivity contribution in [3.8, 4) is 5.75 Å². The monoisotopic (exact) mass is 240 g/mol. The zero-order valence-electron chi connectivity index (χ0n) is 9.06. The summed E-state index contributed by atoms with van der Waals surface area (Å²) < 4.78 is 22.2. The maximum Gasteiger partial charge on any atom is 0.340 e. The third-order valence-electron chi connectivity index (χ3n) is 2.44. The van der Waals surface area contributed by atoms with Crippen molar-refractivity contribution in [3.05, 3.63) is 23.8 Å². The fourth-order valence-corrected chi connectivity index (χ4v) is 2.93. The van der Waals surface area contributed by atoms with Crippen LogP contribution in [-0.2, 0) is 15.5 Å². The van der Waals surface area contributed by atoms with Crippen molar-refractivity contribution in [2.75, 3.05) is 7.11 Å². The van der Waals surface area contributed by atoms with Gasteiger partial charge >= 0.3 is 5.97 Å². The van der Waals surface area contributed by atoms with Gasteiger partial charge in [-0.2, -0.15) is 0 Å². The number of hydrogen-bond donors (Lipinski definition) is 0. The highest BCUT2D eigenvalue weighted by Gasteiger charge is 2.32. The zero-order chi connectivity index (χ0) is 11.7. The normalized spacial score (nSPS) is 23.5. The molecule has 0 aromatic heterocycles. The smallest absolute Gasteiger partial charge is 0.340 e. The van der Waals surface area contributed by atoms with Crippen LogP contribution in [0.5, 0.6) is 5.75 Å². The maximum atomic E-state index is 12.0. The van der Waals surface area contributed by atoms with Gasteiger partial charge in [0.05, 0.1) is 28.4 Å². The zero-order valence-corrected chi connectivity index (χ0v) is 9.87. The van der Waals surface area contributed by atoms with E-state index >= 15 is 0 Å². The van der Waals surface area contributed by atoms with Crippen LogP contribution in [0.3, 0.4) is 0 Å². The summed E-state index contributed by atoms with van der Waals surface area (Å²) in [5.41, 5.74) is -0.184. The van der Waals surface area contributed by atoms with E-state index in [-0.39, 0.29) is 0 Å². The second kappa shape index (κ2) is 4.25. The predicted molar refractivity (Wildman–Crippen MR) is 58.9 cm³/mol. The molecule has 0 fully saturated rings. The lowest BCUT2D eigenvalue weighted by Crippen LogP contribution is -2.29. The summed E-state index contributed by atoms with van der Waals surface area (Å²) in [6.45, 7) is 1.83. The summed E-state index contributed by atoms with van der Waals surface area (Å²) in [6.07, 6.45) is 0.537. The van der Waals surface area contributed by atoms with E-state index < -0.39 is 22.2 Å². The Morgan fingerprint density at radius 1 is 1.50 bits per heavy atom. The summed E-state index contributed by atoms with van der Waals surface area (Å²) >= 11 is 0. The van der Waals surface area contributed by atoms with Crippen LogP contribution in [0, 0.1) is 0 Å². The quantitative estimate of drug-likeness (QED) is 0.738. The highest BCUT2D eigenvalue weighted by molar-refractivity contribution is 7.85. The minimum Gasteiger partial charge on any atom is -0.497 e. The third kappa shape index (κ3) is 1.71. The van der Waals surface area contributed by atoms with Crippen LogP contribution >= 0.6 is 0 Å². The lowest BCUT2D eigenvalue weighted by molar-refractivity contribution is 0.0426. The molecule has 0 spiro atoms. The first-order valence-electron chi connectivity index (χ1n) is 4.97. The van der Waals surface area contributed by atoms with Gasteiger partial charge in [0, 0.05) is 0 Å². The van der Waals surface area contributed by atoms with E-state index in [1.165, 1.54) is 7.11 Å². The molecule has 0 amide bonds. The van der Waals surface area contributed by atoms with Gasteiger partial charge < -0.3 is 9.47 Å². The molecule has 1 heterocycles. The minimum atomic E-state index is -1.31. The average Bonchev–Trinajstić information content (AvgIpc) is 2.33. The fraction of sp³-hybridized carbons (Fsp3) is 0.364. The fourth-order valence-electron chi connectivity index (χ4n) is 1.57. The van der Waals surface area contributed by atoms with Crippen molar-refractivity contribution >= 4 is 16.8 Å². The van der Waals surface area contributed by atoms with E-state index in [2.05, 4.69) is 0 Å². The molecule has 2 rings (SSSR count). The van der Waals surface area contributed by atoms with Gasteiger partial charge in [-0.25, -0.2) is 4.79 Å². The van der Waals surface area contributed by atoms with Crippen molar-refractivity contribution in [2.45, 2.75) is 23.7 Å². The van der Waals surface area contributed by atoms with Crippen molar-refractivity contribution in [2.24, 2.45) is 0 Å². The van der Waals surface area contributed by atoms with Gasteiger partial charge in [-0.1, -0.05) is 6.92 Å². The van der Waals surface area contributed by atoms with E-state index in [9.17, 15) is 9.00 Å². The first kappa shape index (κ1) is 11.1. The molecule has 0 saturated carbocycles. The number of benzene rings is 1. The van der Waals surface area contributed by atoms with Gasteiger partial charge in [-0.05, 0) is 24.6 Å². The second-order valence-corrected chi connectivity index (χ2v) is 4.96. The lowest BCUT2D eigenvalue weighted by atomic mass is 10.2. The molecule has 5 heteroatoms. The lowest BCUT2D eigenvalue weighted by Gasteiger charge is -2.23. The molecule has 1 aromatic rings. The molecule has 16 heavy (non-hydrogen) atoms. The van der Waals surface area contributed by atoms with Gasteiger partial charge in [0.15, 0.2) is 5.44 Å². The SMILES string of the molecule is CCC1OC(=O)c2ccc(OC)cc2S1=O. The Morgan fingerprint density at radius 2 is 2.25 bits per heavy atom. The van der Waals surface area contributed by atoms with Crippen molar-refractivity contribution in [1.82, 2.24) is 0 Å². The van der Waals surface area contributed by atoms with Crippen molar-refractivity contribution in [3.63, 3.8) is 0 Å². The van der Waals surface area contributed by atoms with Crippen molar-refractivity contribution in [1.29, 1.82) is 0 Å². The summed E-state index contributed by atoms with van der Waals surface area (Å²) in [4.78, 5) is 12.1. The molecule has 1 aliphatic heterocycles. The van der Waals surface area contributed by atoms with E-state index in [0.717, 1.165) is 0 Å². The average molecular weight is 240 g/mol. The summed E-state index contributed by atoms with van der Waals surface area (Å²) in [5.74, 6) is 0.181. The Kier molecular flexibility index (Phi) is 2.96. The van der Waals surface area contributed by atoms with Crippen LogP contribution in [0.15, 0.2) is 23.1 Å². The Labute approximate surface area is 96.0 Å². The molecule has 2 atom stereocenters. The van der Waals surface area contributed by atoms with E-state index in [4.69, 9.17) is 9.47 Å². The van der Waals surface area contributed by atoms with Crippen LogP contribution in [0.1, 0.15) is 23.7 Å². The standard InChI is InChI=1S/C11H12O4S/c1-3-10-15-11(12)8-5-4-7(14-2)6-9(8)16(10)13/h4-6,10H,3H2,1-2H3. The maximum absolute atomic E-state index is 12.0. The number of rotatable bonds is 2. The predicted octanol–water partition coefficient (Wildman–Crippen LogP) is 1.71. The molecule has 0 saturated heterocycles. The van der Waals surface area contributed by atoms with Crippen LogP contribution in [0.2, 0.25) is 0 Å². The summed E-state index contributed by atoms with van der Waals surface area (Å²) in [6, 6.07) is 4.87. The molecule has 4 nitrogen and oxygen atoms in total. The molecule has 1 aliphatic rings. The molecular weight excluding hydrogens is 228 g/mol. The number of carbonyl (C=O) groups is 1. The van der Waals surface area contributed by atoms with E-state index in [0.29, 0.717) is 22.6 Å². The minimum absolute atomic E-state index is 0.365. The number of hydrogen-bond acceptors (Lipinski definition) is 4. The highest BCUT2D eigenvalue weighted by Crippen LogP contribution is 2.29. The van der Waals surface area contributed by atoms with Gasteiger partial charge in [-0.15, -0.1) is 0 Å². The molecular formula is C11H12O4S. The molecule has 2 unspecified atom stereocenters. The van der Waals surface area contributed by atoms with Gasteiger partial charge in [0.25, 0.3) is 0 Å². The van der Waals surface area contributed by atoms with Gasteiger partial charge in [0.1, 0.15) is 5.75 Å². The molecule has 1 aromatic carbocycles. The molecule has 0 N–H and O–H groups in total. The van der Waals surface area contributed by atoms with Crippen LogP contribution in [0.4, 0.5) is 0 Å². The van der Waals surface area contributed by atoms with Crippen LogP contribution < -0.4 is 4.74 Å². The van der Waals surface area contributed by atoms with Crippen molar-refractivity contribution < 1.29 is 18.5 Å². The molecule has 0 radical (unpaired) electrons. The summed E-state index contributed by atoms with van der Waals surface area (Å²) in [5, 5.41) is 0. The Morgan fingerprint density at radius 3 is 2.88 bits per heavy atom. The third-order valence-corrected chi connectivity index (χ3v) is 4.11. The molecule has 0 bridgehead atoms. The molecule has 86 valence electrons. The number of carbonyl (C=O) groups excluding carboxylic acids is 1. The van der Waals surface area contributed by atoms with Crippen LogP contribution in [0.25, 0.3) is 0 Å². The van der Waals surface area contributed by atoms with E-state index in [1.807, 2.05) is 6.92 Å². The Hall–Kier alpha value is -1.36. The Balaban J connectivity index is 2.51. The highest BCUT2D eigenvalue weighted by atomic mass is 32.2. The number of cyclic esters (lactones) is 1. The first-order chi connectivity index (χ1) is 7.67. The molecule has 0 aliphatic carbocycles. The first-order valence-corrected chi connectivity index (χ1v) is 6.18. The topological polar surface area (TPSA) is 52.6 Å². The van der Waals surface area contributed by atoms with Gasteiger partial charge in [0.2, 0.25) is 0 Å². The summed E-state index contributed by atoms with van der Waals surface area (Å²) in [7, 11) is 0.222. The van der Waals surface area contributed by atoms with Crippen LogP contribution in [-0.4, -0.2) is 22.7 Å². The second-order valence-electron chi connectivity index (χ2n) is 3.40. The largest absolute Gasteiger partial charge is 0.497 e. The number of methoxy groups -OCH3 is 1. The number of ether oxygens (including phenoxy) is 2. The number of fused-ring (bicyclic) bond motifs is 1.